The molecule has 0 radical (unpaired) electrons. The van der Waals surface area contributed by atoms with Gasteiger partial charge in [-0.05, 0) is 32.0 Å². The molecular weight excluding hydrogens is 336 g/mol. The molecule has 0 amide bonds. The fraction of sp³-hybridized carbons (Fsp3) is 0.667. The molecular formula is C18H30N4O4. The van der Waals surface area contributed by atoms with E-state index in [2.05, 4.69) is 10.3 Å². The highest BCUT2D eigenvalue weighted by atomic mass is 16.5. The van der Waals surface area contributed by atoms with Gasteiger partial charge in [0.05, 0.1) is 6.61 Å². The van der Waals surface area contributed by atoms with Crippen molar-refractivity contribution in [2.24, 2.45) is 5.73 Å². The predicted octanol–water partition coefficient (Wildman–Crippen LogP) is 0.371. The number of hydrogen-bond acceptors (Lipinski definition) is 6. The summed E-state index contributed by atoms with van der Waals surface area (Å²) in [6.07, 6.45) is 10.8. The highest BCUT2D eigenvalue weighted by molar-refractivity contribution is 5.08. The summed E-state index contributed by atoms with van der Waals surface area (Å²) in [7, 11) is 0. The van der Waals surface area contributed by atoms with Crippen molar-refractivity contribution in [3.8, 4) is 0 Å². The third-order valence-electron chi connectivity index (χ3n) is 4.42. The van der Waals surface area contributed by atoms with Crippen LogP contribution in [-0.4, -0.2) is 40.5 Å². The Bertz CT molecular complexity index is 683. The Morgan fingerprint density at radius 1 is 1.15 bits per heavy atom. The molecule has 1 aliphatic rings. The molecule has 2 heterocycles. The van der Waals surface area contributed by atoms with Crippen LogP contribution in [-0.2, 0) is 11.3 Å². The van der Waals surface area contributed by atoms with Crippen molar-refractivity contribution in [1.29, 1.82) is 0 Å². The number of aliphatic hydroxyl groups excluding tert-OH is 1. The van der Waals surface area contributed by atoms with E-state index in [9.17, 15) is 9.59 Å². The summed E-state index contributed by atoms with van der Waals surface area (Å²) >= 11 is 0. The van der Waals surface area contributed by atoms with Crippen LogP contribution >= 0.6 is 0 Å². The van der Waals surface area contributed by atoms with Crippen LogP contribution < -0.4 is 22.3 Å². The molecule has 0 spiro atoms. The average Bonchev–Trinajstić information content (AvgIpc) is 3.10. The number of nitrogens with zero attached hydrogens (tertiary/aromatic N) is 1. The van der Waals surface area contributed by atoms with Crippen molar-refractivity contribution in [2.75, 3.05) is 19.7 Å². The Balaban J connectivity index is 1.79. The van der Waals surface area contributed by atoms with Crippen molar-refractivity contribution in [1.82, 2.24) is 14.9 Å². The number of nitrogens with one attached hydrogen (secondary N) is 2. The van der Waals surface area contributed by atoms with Gasteiger partial charge in [-0.15, -0.1) is 0 Å². The van der Waals surface area contributed by atoms with E-state index in [1.165, 1.54) is 30.0 Å². The summed E-state index contributed by atoms with van der Waals surface area (Å²) in [6.45, 7) is 1.83. The SMILES string of the molecule is NCCCCCCCCNCc1cn([C@H]2C=C[C@@H](CO)O2)c(=O)[nH]c1=O. The van der Waals surface area contributed by atoms with Crippen molar-refractivity contribution < 1.29 is 9.84 Å². The summed E-state index contributed by atoms with van der Waals surface area (Å²) in [4.78, 5) is 26.3. The molecule has 2 rings (SSSR count). The molecule has 0 fully saturated rings. The van der Waals surface area contributed by atoms with Crippen molar-refractivity contribution in [3.63, 3.8) is 0 Å². The summed E-state index contributed by atoms with van der Waals surface area (Å²) < 4.78 is 6.86. The number of unbranched alkanes of at least 4 members (excludes halogenated alkanes) is 5. The van der Waals surface area contributed by atoms with Gasteiger partial charge in [-0.2, -0.15) is 0 Å². The fourth-order valence-electron chi connectivity index (χ4n) is 2.92. The molecule has 8 nitrogen and oxygen atoms in total. The normalized spacial score (nSPS) is 19.3. The van der Waals surface area contributed by atoms with Gasteiger partial charge >= 0.3 is 5.69 Å². The van der Waals surface area contributed by atoms with Crippen molar-refractivity contribution >= 4 is 0 Å². The number of hydrogen-bond donors (Lipinski definition) is 4. The number of aromatic nitrogens is 2. The number of nitrogens with two attached hydrogens (primary N) is 1. The molecule has 1 aliphatic heterocycles. The van der Waals surface area contributed by atoms with Gasteiger partial charge in [0.25, 0.3) is 5.56 Å². The van der Waals surface area contributed by atoms with Gasteiger partial charge in [-0.3, -0.25) is 14.3 Å². The summed E-state index contributed by atoms with van der Waals surface area (Å²) in [5.74, 6) is 0. The smallest absolute Gasteiger partial charge is 0.330 e. The van der Waals surface area contributed by atoms with Crippen LogP contribution in [0.2, 0.25) is 0 Å². The molecule has 5 N–H and O–H groups in total. The average molecular weight is 366 g/mol. The zero-order chi connectivity index (χ0) is 18.8. The molecule has 0 bridgehead atoms. The number of aliphatic hydroxyl groups is 1. The first-order chi connectivity index (χ1) is 12.7. The largest absolute Gasteiger partial charge is 0.393 e. The molecule has 2 atom stereocenters. The maximum absolute atomic E-state index is 12.0. The van der Waals surface area contributed by atoms with Crippen LogP contribution in [0.1, 0.15) is 50.3 Å². The van der Waals surface area contributed by atoms with Crippen LogP contribution in [0.5, 0.6) is 0 Å². The molecule has 0 unspecified atom stereocenters. The Morgan fingerprint density at radius 3 is 2.58 bits per heavy atom. The number of rotatable bonds is 12. The van der Waals surface area contributed by atoms with Crippen LogP contribution in [0.3, 0.4) is 0 Å². The lowest BCUT2D eigenvalue weighted by molar-refractivity contribution is -0.0104. The molecule has 8 heteroatoms. The summed E-state index contributed by atoms with van der Waals surface area (Å²) in [5.41, 5.74) is 5.04. The van der Waals surface area contributed by atoms with Gasteiger partial charge < -0.3 is 20.9 Å². The fourth-order valence-corrected chi connectivity index (χ4v) is 2.92. The Hall–Kier alpha value is -1.74. The van der Waals surface area contributed by atoms with E-state index in [0.717, 1.165) is 32.4 Å². The van der Waals surface area contributed by atoms with Crippen LogP contribution in [0.4, 0.5) is 0 Å². The molecule has 1 aromatic heterocycles. The number of aromatic amines is 1. The maximum Gasteiger partial charge on any atom is 0.330 e. The monoisotopic (exact) mass is 366 g/mol. The van der Waals surface area contributed by atoms with Gasteiger partial charge in [0.1, 0.15) is 6.10 Å². The molecule has 1 aromatic rings. The second kappa shape index (κ2) is 11.1. The van der Waals surface area contributed by atoms with Gasteiger partial charge in [-0.1, -0.05) is 31.8 Å². The van der Waals surface area contributed by atoms with E-state index < -0.39 is 18.0 Å². The third-order valence-corrected chi connectivity index (χ3v) is 4.42. The first-order valence-corrected chi connectivity index (χ1v) is 9.35. The first kappa shape index (κ1) is 20.6. The summed E-state index contributed by atoms with van der Waals surface area (Å²) in [6, 6.07) is 0. The lowest BCUT2D eigenvalue weighted by Crippen LogP contribution is -2.35. The second-order valence-corrected chi connectivity index (χ2v) is 6.54. The highest BCUT2D eigenvalue weighted by Crippen LogP contribution is 2.18. The third kappa shape index (κ3) is 6.21. The summed E-state index contributed by atoms with van der Waals surface area (Å²) in [5, 5.41) is 12.4. The highest BCUT2D eigenvalue weighted by Gasteiger charge is 2.21. The minimum Gasteiger partial charge on any atom is -0.393 e. The van der Waals surface area contributed by atoms with E-state index in [1.54, 1.807) is 12.2 Å². The van der Waals surface area contributed by atoms with Crippen LogP contribution in [0, 0.1) is 0 Å². The minimum atomic E-state index is -0.608. The number of H-pyrrole nitrogens is 1. The Labute approximate surface area is 153 Å². The van der Waals surface area contributed by atoms with E-state index >= 15 is 0 Å². The topological polar surface area (TPSA) is 122 Å². The van der Waals surface area contributed by atoms with Crippen LogP contribution in [0.15, 0.2) is 27.9 Å². The minimum absolute atomic E-state index is 0.147. The van der Waals surface area contributed by atoms with E-state index in [-0.39, 0.29) is 12.2 Å². The lowest BCUT2D eigenvalue weighted by atomic mass is 10.1. The van der Waals surface area contributed by atoms with Gasteiger partial charge in [0, 0.05) is 18.3 Å². The van der Waals surface area contributed by atoms with Crippen LogP contribution in [0.25, 0.3) is 0 Å². The predicted molar refractivity (Wildman–Crippen MR) is 99.9 cm³/mol. The molecule has 0 aliphatic carbocycles. The Morgan fingerprint density at radius 2 is 1.88 bits per heavy atom. The standard InChI is InChI=1S/C18H30N4O4/c19-9-5-3-1-2-4-6-10-20-11-14-12-22(18(25)21-17(14)24)16-8-7-15(13-23)26-16/h7-8,12,15-16,20,23H,1-6,9-11,13,19H2,(H,21,24,25)/t15-,16+/m0/s1. The van der Waals surface area contributed by atoms with Gasteiger partial charge in [-0.25, -0.2) is 4.79 Å². The zero-order valence-corrected chi connectivity index (χ0v) is 15.2. The molecule has 0 saturated heterocycles. The molecule has 0 aromatic carbocycles. The second-order valence-electron chi connectivity index (χ2n) is 6.54. The van der Waals surface area contributed by atoms with Gasteiger partial charge in [0.15, 0.2) is 6.23 Å². The van der Waals surface area contributed by atoms with Gasteiger partial charge in [0.2, 0.25) is 0 Å². The Kier molecular flexibility index (Phi) is 8.76. The van der Waals surface area contributed by atoms with E-state index in [1.807, 2.05) is 0 Å². The van der Waals surface area contributed by atoms with Crippen molar-refractivity contribution in [2.45, 2.75) is 57.4 Å². The van der Waals surface area contributed by atoms with E-state index in [4.69, 9.17) is 15.6 Å². The number of ether oxygens (including phenoxy) is 1. The van der Waals surface area contributed by atoms with Crippen molar-refractivity contribution in [3.05, 3.63) is 44.8 Å². The zero-order valence-electron chi connectivity index (χ0n) is 15.2. The lowest BCUT2D eigenvalue weighted by Gasteiger charge is -2.15. The first-order valence-electron chi connectivity index (χ1n) is 9.35. The maximum atomic E-state index is 12.0. The molecule has 146 valence electrons. The molecule has 0 saturated carbocycles. The van der Waals surface area contributed by atoms with E-state index in [0.29, 0.717) is 12.1 Å². The quantitative estimate of drug-likeness (QED) is 0.313. The molecule has 26 heavy (non-hydrogen) atoms.